The molecule has 0 saturated carbocycles. The van der Waals surface area contributed by atoms with Gasteiger partial charge in [-0.15, -0.1) is 11.3 Å². The largest absolute Gasteiger partial charge is 0.388 e. The van der Waals surface area contributed by atoms with Crippen molar-refractivity contribution in [1.29, 1.82) is 0 Å². The smallest absolute Gasteiger partial charge is 0.226 e. The number of thiophene rings is 1. The van der Waals surface area contributed by atoms with Crippen LogP contribution in [0, 0.1) is 0 Å². The molecule has 0 fully saturated rings. The molecule has 1 atom stereocenters. The van der Waals surface area contributed by atoms with Gasteiger partial charge in [0, 0.05) is 22.9 Å². The molecule has 2 heterocycles. The quantitative estimate of drug-likeness (QED) is 0.862. The Labute approximate surface area is 126 Å². The minimum Gasteiger partial charge on any atom is -0.388 e. The van der Waals surface area contributed by atoms with E-state index in [1.165, 1.54) is 0 Å². The number of thiazole rings is 1. The number of aromatic nitrogens is 1. The van der Waals surface area contributed by atoms with Crippen LogP contribution in [0.2, 0.25) is 0 Å². The van der Waals surface area contributed by atoms with Crippen LogP contribution in [-0.2, 0) is 11.2 Å². The highest BCUT2D eigenvalue weighted by Crippen LogP contribution is 2.25. The lowest BCUT2D eigenvalue weighted by Crippen LogP contribution is -2.40. The average Bonchev–Trinajstić information content (AvgIpc) is 3.07. The van der Waals surface area contributed by atoms with E-state index < -0.39 is 5.60 Å². The van der Waals surface area contributed by atoms with E-state index in [0.717, 1.165) is 16.3 Å². The molecule has 2 aromatic heterocycles. The van der Waals surface area contributed by atoms with Crippen molar-refractivity contribution in [3.63, 3.8) is 0 Å². The first kappa shape index (κ1) is 15.2. The van der Waals surface area contributed by atoms with Crippen LogP contribution in [0.15, 0.2) is 22.2 Å². The van der Waals surface area contributed by atoms with Crippen molar-refractivity contribution in [2.24, 2.45) is 0 Å². The Hall–Kier alpha value is -1.24. The Bertz CT molecular complexity index is 562. The monoisotopic (exact) mass is 310 g/mol. The number of hydrogen-bond donors (Lipinski definition) is 2. The van der Waals surface area contributed by atoms with Crippen molar-refractivity contribution < 1.29 is 9.90 Å². The molecule has 0 saturated heterocycles. The van der Waals surface area contributed by atoms with Gasteiger partial charge in [0.15, 0.2) is 0 Å². The van der Waals surface area contributed by atoms with Gasteiger partial charge in [-0.2, -0.15) is 11.3 Å². The first-order chi connectivity index (χ1) is 9.50. The molecule has 0 bridgehead atoms. The molecule has 0 radical (unpaired) electrons. The maximum absolute atomic E-state index is 11.8. The third kappa shape index (κ3) is 4.13. The predicted octanol–water partition coefficient (Wildman–Crippen LogP) is 2.69. The van der Waals surface area contributed by atoms with Gasteiger partial charge in [0.05, 0.1) is 17.7 Å². The molecule has 0 aliphatic carbocycles. The molecule has 1 unspecified atom stereocenters. The summed E-state index contributed by atoms with van der Waals surface area (Å²) in [6.45, 7) is 3.87. The SMILES string of the molecule is CCC(C)(O)CNC(=O)Cc1csc(-c2ccsc2)n1. The first-order valence-electron chi connectivity index (χ1n) is 6.46. The molecular weight excluding hydrogens is 292 g/mol. The number of amides is 1. The van der Waals surface area contributed by atoms with Crippen LogP contribution in [0.1, 0.15) is 26.0 Å². The predicted molar refractivity (Wildman–Crippen MR) is 83.1 cm³/mol. The molecule has 0 aliphatic heterocycles. The molecule has 2 rings (SSSR count). The number of aliphatic hydroxyl groups is 1. The maximum atomic E-state index is 11.8. The summed E-state index contributed by atoms with van der Waals surface area (Å²) < 4.78 is 0. The number of carbonyl (C=O) groups is 1. The highest BCUT2D eigenvalue weighted by Gasteiger charge is 2.18. The van der Waals surface area contributed by atoms with Crippen LogP contribution >= 0.6 is 22.7 Å². The molecule has 6 heteroatoms. The van der Waals surface area contributed by atoms with Gasteiger partial charge in [-0.1, -0.05) is 6.92 Å². The van der Waals surface area contributed by atoms with Crippen LogP contribution in [0.4, 0.5) is 0 Å². The number of hydrogen-bond acceptors (Lipinski definition) is 5. The third-order valence-corrected chi connectivity index (χ3v) is 4.71. The van der Waals surface area contributed by atoms with Crippen LogP contribution in [-0.4, -0.2) is 28.1 Å². The summed E-state index contributed by atoms with van der Waals surface area (Å²) >= 11 is 3.17. The summed E-state index contributed by atoms with van der Waals surface area (Å²) in [4.78, 5) is 16.3. The van der Waals surface area contributed by atoms with Gasteiger partial charge in [0.2, 0.25) is 5.91 Å². The normalized spacial score (nSPS) is 13.9. The Morgan fingerprint density at radius 1 is 1.50 bits per heavy atom. The van der Waals surface area contributed by atoms with E-state index in [1.807, 2.05) is 29.1 Å². The molecule has 0 aliphatic rings. The number of nitrogens with zero attached hydrogens (tertiary/aromatic N) is 1. The van der Waals surface area contributed by atoms with Crippen molar-refractivity contribution in [3.05, 3.63) is 27.9 Å². The second-order valence-electron chi connectivity index (χ2n) is 4.96. The first-order valence-corrected chi connectivity index (χ1v) is 8.28. The fraction of sp³-hybridized carbons (Fsp3) is 0.429. The average molecular weight is 310 g/mol. The zero-order valence-electron chi connectivity index (χ0n) is 11.5. The van der Waals surface area contributed by atoms with Gasteiger partial charge in [-0.25, -0.2) is 4.98 Å². The van der Waals surface area contributed by atoms with Gasteiger partial charge in [0.1, 0.15) is 5.01 Å². The van der Waals surface area contributed by atoms with Gasteiger partial charge in [-0.05, 0) is 24.8 Å². The highest BCUT2D eigenvalue weighted by molar-refractivity contribution is 7.14. The fourth-order valence-corrected chi connectivity index (χ4v) is 3.08. The van der Waals surface area contributed by atoms with E-state index in [9.17, 15) is 9.90 Å². The zero-order valence-corrected chi connectivity index (χ0v) is 13.2. The van der Waals surface area contributed by atoms with E-state index >= 15 is 0 Å². The van der Waals surface area contributed by atoms with Crippen LogP contribution < -0.4 is 5.32 Å². The summed E-state index contributed by atoms with van der Waals surface area (Å²) in [5.41, 5.74) is 1.02. The molecule has 1 amide bonds. The molecule has 0 aromatic carbocycles. The maximum Gasteiger partial charge on any atom is 0.226 e. The van der Waals surface area contributed by atoms with Crippen molar-refractivity contribution in [2.45, 2.75) is 32.3 Å². The Balaban J connectivity index is 1.89. The Morgan fingerprint density at radius 3 is 2.95 bits per heavy atom. The van der Waals surface area contributed by atoms with E-state index in [2.05, 4.69) is 10.3 Å². The fourth-order valence-electron chi connectivity index (χ4n) is 1.55. The zero-order chi connectivity index (χ0) is 14.6. The van der Waals surface area contributed by atoms with Crippen molar-refractivity contribution in [2.75, 3.05) is 6.54 Å². The van der Waals surface area contributed by atoms with Gasteiger partial charge >= 0.3 is 0 Å². The molecule has 0 spiro atoms. The molecule has 4 nitrogen and oxygen atoms in total. The van der Waals surface area contributed by atoms with Gasteiger partial charge in [-0.3, -0.25) is 4.79 Å². The van der Waals surface area contributed by atoms with Crippen molar-refractivity contribution in [1.82, 2.24) is 10.3 Å². The number of carbonyl (C=O) groups excluding carboxylic acids is 1. The van der Waals surface area contributed by atoms with E-state index in [1.54, 1.807) is 29.6 Å². The standard InChI is InChI=1S/C14H18N2O2S2/c1-3-14(2,18)9-15-12(17)6-11-8-20-13(16-11)10-4-5-19-7-10/h4-5,7-8,18H,3,6,9H2,1-2H3,(H,15,17). The minimum atomic E-state index is -0.848. The summed E-state index contributed by atoms with van der Waals surface area (Å²) in [6.07, 6.45) is 0.854. The van der Waals surface area contributed by atoms with Crippen LogP contribution in [0.3, 0.4) is 0 Å². The minimum absolute atomic E-state index is 0.110. The van der Waals surface area contributed by atoms with Crippen LogP contribution in [0.25, 0.3) is 10.6 Å². The summed E-state index contributed by atoms with van der Waals surface area (Å²) in [5.74, 6) is -0.110. The second-order valence-corrected chi connectivity index (χ2v) is 6.60. The number of rotatable bonds is 6. The van der Waals surface area contributed by atoms with E-state index in [4.69, 9.17) is 0 Å². The van der Waals surface area contributed by atoms with Crippen molar-refractivity contribution in [3.8, 4) is 10.6 Å². The second kappa shape index (κ2) is 6.47. The summed E-state index contributed by atoms with van der Waals surface area (Å²) in [5, 5.41) is 19.5. The van der Waals surface area contributed by atoms with Crippen LogP contribution in [0.5, 0.6) is 0 Å². The lowest BCUT2D eigenvalue weighted by molar-refractivity contribution is -0.121. The summed E-state index contributed by atoms with van der Waals surface area (Å²) in [7, 11) is 0. The van der Waals surface area contributed by atoms with E-state index in [0.29, 0.717) is 6.42 Å². The molecule has 108 valence electrons. The highest BCUT2D eigenvalue weighted by atomic mass is 32.1. The summed E-state index contributed by atoms with van der Waals surface area (Å²) in [6, 6.07) is 2.02. The molecule has 2 N–H and O–H groups in total. The molecule has 20 heavy (non-hydrogen) atoms. The molecular formula is C14H18N2O2S2. The topological polar surface area (TPSA) is 62.2 Å². The third-order valence-electron chi connectivity index (χ3n) is 3.09. The Kier molecular flexibility index (Phi) is 4.91. The number of nitrogens with one attached hydrogen (secondary N) is 1. The lowest BCUT2D eigenvalue weighted by atomic mass is 10.0. The van der Waals surface area contributed by atoms with E-state index in [-0.39, 0.29) is 18.9 Å². The lowest BCUT2D eigenvalue weighted by Gasteiger charge is -2.21. The van der Waals surface area contributed by atoms with Crippen molar-refractivity contribution >= 4 is 28.6 Å². The van der Waals surface area contributed by atoms with Gasteiger partial charge in [0.25, 0.3) is 0 Å². The Morgan fingerprint density at radius 2 is 2.30 bits per heavy atom. The van der Waals surface area contributed by atoms with Gasteiger partial charge < -0.3 is 10.4 Å². The molecule has 2 aromatic rings.